The second-order valence-corrected chi connectivity index (χ2v) is 5.61. The molecule has 0 aliphatic carbocycles. The first-order valence-electron chi connectivity index (χ1n) is 6.74. The summed E-state index contributed by atoms with van der Waals surface area (Å²) in [4.78, 5) is 17.9. The van der Waals surface area contributed by atoms with Gasteiger partial charge in [0, 0.05) is 30.8 Å². The van der Waals surface area contributed by atoms with Crippen LogP contribution in [-0.2, 0) is 6.54 Å². The van der Waals surface area contributed by atoms with Crippen LogP contribution in [-0.4, -0.2) is 37.1 Å². The van der Waals surface area contributed by atoms with E-state index in [0.717, 1.165) is 5.56 Å². The van der Waals surface area contributed by atoms with Gasteiger partial charge in [0.1, 0.15) is 21.8 Å². The summed E-state index contributed by atoms with van der Waals surface area (Å²) in [5.74, 6) is 1.12. The van der Waals surface area contributed by atoms with Crippen molar-refractivity contribution < 1.29 is 14.3 Å². The summed E-state index contributed by atoms with van der Waals surface area (Å²) in [5, 5.41) is 0.354. The number of methoxy groups -OCH3 is 2. The molecule has 23 heavy (non-hydrogen) atoms. The summed E-state index contributed by atoms with van der Waals surface area (Å²) in [6.45, 7) is 0.365. The molecule has 122 valence electrons. The smallest absolute Gasteiger partial charge is 0.254 e. The third-order valence-corrected chi connectivity index (χ3v) is 3.65. The molecule has 1 heterocycles. The standard InChI is InChI=1S/C16H16Cl2N2O3/c1-20(16(21)11-6-14(17)19-15(18)7-11)9-10-4-5-12(22-2)8-13(10)23-3/h4-8H,9H2,1-3H3. The van der Waals surface area contributed by atoms with Crippen LogP contribution >= 0.6 is 23.2 Å². The summed E-state index contributed by atoms with van der Waals surface area (Å²) in [5.41, 5.74) is 1.24. The highest BCUT2D eigenvalue weighted by Gasteiger charge is 2.16. The van der Waals surface area contributed by atoms with E-state index in [1.165, 1.54) is 12.1 Å². The molecule has 0 N–H and O–H groups in total. The quantitative estimate of drug-likeness (QED) is 0.768. The van der Waals surface area contributed by atoms with E-state index < -0.39 is 0 Å². The lowest BCUT2D eigenvalue weighted by Gasteiger charge is -2.19. The highest BCUT2D eigenvalue weighted by Crippen LogP contribution is 2.26. The maximum absolute atomic E-state index is 12.5. The van der Waals surface area contributed by atoms with E-state index in [1.807, 2.05) is 12.1 Å². The monoisotopic (exact) mass is 354 g/mol. The Bertz CT molecular complexity index is 702. The van der Waals surface area contributed by atoms with Gasteiger partial charge >= 0.3 is 0 Å². The van der Waals surface area contributed by atoms with Crippen LogP contribution in [0.1, 0.15) is 15.9 Å². The van der Waals surface area contributed by atoms with Crippen LogP contribution in [0.3, 0.4) is 0 Å². The minimum absolute atomic E-state index is 0.177. The number of amides is 1. The average Bonchev–Trinajstić information content (AvgIpc) is 2.53. The predicted molar refractivity (Wildman–Crippen MR) is 89.6 cm³/mol. The largest absolute Gasteiger partial charge is 0.497 e. The Morgan fingerprint density at radius 2 is 1.78 bits per heavy atom. The Morgan fingerprint density at radius 1 is 1.13 bits per heavy atom. The van der Waals surface area contributed by atoms with Gasteiger partial charge in [-0.2, -0.15) is 0 Å². The van der Waals surface area contributed by atoms with Crippen molar-refractivity contribution in [2.24, 2.45) is 0 Å². The molecule has 0 bridgehead atoms. The van der Waals surface area contributed by atoms with E-state index >= 15 is 0 Å². The Balaban J connectivity index is 2.21. The van der Waals surface area contributed by atoms with Crippen LogP contribution < -0.4 is 9.47 Å². The van der Waals surface area contributed by atoms with Gasteiger partial charge in [0.15, 0.2) is 0 Å². The summed E-state index contributed by atoms with van der Waals surface area (Å²) < 4.78 is 10.5. The van der Waals surface area contributed by atoms with Crippen molar-refractivity contribution in [3.63, 3.8) is 0 Å². The fraction of sp³-hybridized carbons (Fsp3) is 0.250. The molecule has 5 nitrogen and oxygen atoms in total. The van der Waals surface area contributed by atoms with Crippen molar-refractivity contribution in [2.45, 2.75) is 6.54 Å². The highest BCUT2D eigenvalue weighted by atomic mass is 35.5. The molecule has 0 fully saturated rings. The minimum Gasteiger partial charge on any atom is -0.497 e. The van der Waals surface area contributed by atoms with Crippen LogP contribution in [0.15, 0.2) is 30.3 Å². The molecule has 0 aliphatic rings. The number of rotatable bonds is 5. The Morgan fingerprint density at radius 3 is 2.35 bits per heavy atom. The number of carbonyl (C=O) groups excluding carboxylic acids is 1. The number of hydrogen-bond donors (Lipinski definition) is 0. The van der Waals surface area contributed by atoms with Gasteiger partial charge < -0.3 is 14.4 Å². The van der Waals surface area contributed by atoms with Crippen molar-refractivity contribution in [1.29, 1.82) is 0 Å². The number of ether oxygens (including phenoxy) is 2. The van der Waals surface area contributed by atoms with Crippen molar-refractivity contribution in [1.82, 2.24) is 9.88 Å². The Kier molecular flexibility index (Phi) is 5.69. The number of aromatic nitrogens is 1. The van der Waals surface area contributed by atoms with E-state index in [4.69, 9.17) is 32.7 Å². The molecule has 7 heteroatoms. The Labute approximate surface area is 144 Å². The summed E-state index contributed by atoms with van der Waals surface area (Å²) >= 11 is 11.7. The van der Waals surface area contributed by atoms with Crippen molar-refractivity contribution >= 4 is 29.1 Å². The van der Waals surface area contributed by atoms with Gasteiger partial charge in [-0.25, -0.2) is 4.98 Å². The molecule has 1 aromatic heterocycles. The molecule has 0 radical (unpaired) electrons. The number of hydrogen-bond acceptors (Lipinski definition) is 4. The van der Waals surface area contributed by atoms with Crippen LogP contribution in [0.25, 0.3) is 0 Å². The predicted octanol–water partition coefficient (Wildman–Crippen LogP) is 3.68. The zero-order valence-electron chi connectivity index (χ0n) is 13.0. The second-order valence-electron chi connectivity index (χ2n) is 4.84. The van der Waals surface area contributed by atoms with E-state index in [2.05, 4.69) is 4.98 Å². The van der Waals surface area contributed by atoms with Gasteiger partial charge in [0.05, 0.1) is 14.2 Å². The van der Waals surface area contributed by atoms with E-state index in [-0.39, 0.29) is 16.2 Å². The average molecular weight is 355 g/mol. The molecular formula is C16H16Cl2N2O3. The number of benzene rings is 1. The molecule has 0 spiro atoms. The molecule has 1 amide bonds. The first kappa shape index (κ1) is 17.4. The minimum atomic E-state index is -0.214. The van der Waals surface area contributed by atoms with Gasteiger partial charge in [-0.05, 0) is 24.3 Å². The van der Waals surface area contributed by atoms with Crippen LogP contribution in [0.5, 0.6) is 11.5 Å². The zero-order valence-corrected chi connectivity index (χ0v) is 14.5. The fourth-order valence-corrected chi connectivity index (χ4v) is 2.58. The number of halogens is 2. The molecule has 0 saturated carbocycles. The molecule has 0 saturated heterocycles. The maximum atomic E-state index is 12.5. The Hall–Kier alpha value is -1.98. The lowest BCUT2D eigenvalue weighted by Crippen LogP contribution is -2.26. The summed E-state index contributed by atoms with van der Waals surface area (Å²) in [6, 6.07) is 8.41. The van der Waals surface area contributed by atoms with Gasteiger partial charge in [0.2, 0.25) is 0 Å². The van der Waals surface area contributed by atoms with Crippen molar-refractivity contribution in [2.75, 3.05) is 21.3 Å². The normalized spacial score (nSPS) is 10.3. The van der Waals surface area contributed by atoms with Crippen LogP contribution in [0.2, 0.25) is 10.3 Å². The third kappa shape index (κ3) is 4.27. The molecule has 1 aromatic carbocycles. The lowest BCUT2D eigenvalue weighted by atomic mass is 10.1. The third-order valence-electron chi connectivity index (χ3n) is 3.26. The van der Waals surface area contributed by atoms with Crippen LogP contribution in [0, 0.1) is 0 Å². The lowest BCUT2D eigenvalue weighted by molar-refractivity contribution is 0.0784. The van der Waals surface area contributed by atoms with Gasteiger partial charge in [-0.1, -0.05) is 23.2 Å². The highest BCUT2D eigenvalue weighted by molar-refractivity contribution is 6.33. The van der Waals surface area contributed by atoms with E-state index in [0.29, 0.717) is 23.6 Å². The number of carbonyl (C=O) groups is 1. The second kappa shape index (κ2) is 7.53. The molecular weight excluding hydrogens is 339 g/mol. The molecule has 2 rings (SSSR count). The first-order valence-corrected chi connectivity index (χ1v) is 7.49. The first-order chi connectivity index (χ1) is 10.9. The molecule has 0 atom stereocenters. The SMILES string of the molecule is COc1ccc(CN(C)C(=O)c2cc(Cl)nc(Cl)c2)c(OC)c1. The van der Waals surface area contributed by atoms with Crippen molar-refractivity contribution in [3.8, 4) is 11.5 Å². The fourth-order valence-electron chi connectivity index (χ4n) is 2.12. The van der Waals surface area contributed by atoms with Crippen LogP contribution in [0.4, 0.5) is 0 Å². The topological polar surface area (TPSA) is 51.7 Å². The van der Waals surface area contributed by atoms with Crippen molar-refractivity contribution in [3.05, 3.63) is 51.8 Å². The number of nitrogens with zero attached hydrogens (tertiary/aromatic N) is 2. The molecule has 2 aromatic rings. The molecule has 0 aliphatic heterocycles. The van der Waals surface area contributed by atoms with E-state index in [9.17, 15) is 4.79 Å². The maximum Gasteiger partial charge on any atom is 0.254 e. The summed E-state index contributed by atoms with van der Waals surface area (Å²) in [7, 11) is 4.85. The molecule has 0 unspecified atom stereocenters. The van der Waals surface area contributed by atoms with Gasteiger partial charge in [-0.15, -0.1) is 0 Å². The number of pyridine rings is 1. The zero-order chi connectivity index (χ0) is 17.0. The van der Waals surface area contributed by atoms with Gasteiger partial charge in [-0.3, -0.25) is 4.79 Å². The van der Waals surface area contributed by atoms with Gasteiger partial charge in [0.25, 0.3) is 5.91 Å². The summed E-state index contributed by atoms with van der Waals surface area (Å²) in [6.07, 6.45) is 0. The van der Waals surface area contributed by atoms with E-state index in [1.54, 1.807) is 32.2 Å².